The first-order valence-electron chi connectivity index (χ1n) is 8.96. The predicted octanol–water partition coefficient (Wildman–Crippen LogP) is 2.39. The highest BCUT2D eigenvalue weighted by Crippen LogP contribution is 2.32. The van der Waals surface area contributed by atoms with E-state index >= 15 is 0 Å². The van der Waals surface area contributed by atoms with Crippen LogP contribution in [0.15, 0.2) is 30.5 Å². The molecule has 0 unspecified atom stereocenters. The van der Waals surface area contributed by atoms with E-state index in [1.807, 2.05) is 30.3 Å². The third kappa shape index (κ3) is 4.40. The average molecular weight is 372 g/mol. The molecule has 0 bridgehead atoms. The topological polar surface area (TPSA) is 73.5 Å². The smallest absolute Gasteiger partial charge is 0.240 e. The van der Waals surface area contributed by atoms with Crippen LogP contribution >= 0.6 is 12.2 Å². The van der Waals surface area contributed by atoms with E-state index in [4.69, 9.17) is 12.2 Å². The number of carbonyl (C=O) groups excluding carboxylic acids is 2. The highest BCUT2D eigenvalue weighted by Gasteiger charge is 2.28. The standard InChI is InChI=1S/C19H24N4O2S/c1-13(24)23-11-10-14-6-2-5-9-16(14)17(23)12-18(25)21-22-19(26)20-15-7-3-4-8-15/h2,5-6,9-11,15,17H,3-4,7-8,12H2,1H3,(H,21,25)(H2,20,22,26)/t17-/m0/s1. The average Bonchev–Trinajstić information content (AvgIpc) is 3.13. The highest BCUT2D eigenvalue weighted by molar-refractivity contribution is 7.80. The molecule has 1 atom stereocenters. The molecule has 1 aliphatic carbocycles. The molecular formula is C19H24N4O2S. The predicted molar refractivity (Wildman–Crippen MR) is 105 cm³/mol. The van der Waals surface area contributed by atoms with Crippen molar-refractivity contribution >= 4 is 35.2 Å². The lowest BCUT2D eigenvalue weighted by Gasteiger charge is -2.32. The van der Waals surface area contributed by atoms with Gasteiger partial charge < -0.3 is 10.2 Å². The molecule has 0 aromatic heterocycles. The minimum atomic E-state index is -0.327. The largest absolute Gasteiger partial charge is 0.359 e. The molecule has 3 rings (SSSR count). The molecule has 26 heavy (non-hydrogen) atoms. The lowest BCUT2D eigenvalue weighted by atomic mass is 9.93. The maximum Gasteiger partial charge on any atom is 0.240 e. The Labute approximate surface area is 159 Å². The lowest BCUT2D eigenvalue weighted by molar-refractivity contribution is -0.130. The van der Waals surface area contributed by atoms with Crippen LogP contribution < -0.4 is 16.2 Å². The van der Waals surface area contributed by atoms with Crippen LogP contribution in [0.1, 0.15) is 56.2 Å². The number of hydrazine groups is 1. The van der Waals surface area contributed by atoms with E-state index in [0.717, 1.165) is 24.0 Å². The second-order valence-corrected chi connectivity index (χ2v) is 7.13. The van der Waals surface area contributed by atoms with E-state index in [1.165, 1.54) is 19.8 Å². The van der Waals surface area contributed by atoms with Gasteiger partial charge in [0.1, 0.15) is 0 Å². The van der Waals surface area contributed by atoms with Gasteiger partial charge in [-0.3, -0.25) is 20.4 Å². The highest BCUT2D eigenvalue weighted by atomic mass is 32.1. The molecule has 0 radical (unpaired) electrons. The number of benzene rings is 1. The van der Waals surface area contributed by atoms with Gasteiger partial charge in [-0.25, -0.2) is 0 Å². The number of hydrogen-bond donors (Lipinski definition) is 3. The molecule has 0 saturated heterocycles. The third-order valence-electron chi connectivity index (χ3n) is 4.85. The van der Waals surface area contributed by atoms with E-state index in [0.29, 0.717) is 11.2 Å². The Hall–Kier alpha value is -2.41. The number of thiocarbonyl (C=S) groups is 1. The van der Waals surface area contributed by atoms with E-state index in [2.05, 4.69) is 16.2 Å². The van der Waals surface area contributed by atoms with E-state index in [1.54, 1.807) is 11.1 Å². The van der Waals surface area contributed by atoms with Gasteiger partial charge in [-0.15, -0.1) is 0 Å². The van der Waals surface area contributed by atoms with Crippen LogP contribution in [0, 0.1) is 0 Å². The van der Waals surface area contributed by atoms with E-state index in [9.17, 15) is 9.59 Å². The number of nitrogens with one attached hydrogen (secondary N) is 3. The van der Waals surface area contributed by atoms with Gasteiger partial charge in [0.05, 0.1) is 12.5 Å². The summed E-state index contributed by atoms with van der Waals surface area (Å²) in [6.07, 6.45) is 8.42. The van der Waals surface area contributed by atoms with Crippen LogP contribution in [0.5, 0.6) is 0 Å². The minimum Gasteiger partial charge on any atom is -0.359 e. The Morgan fingerprint density at radius 2 is 1.92 bits per heavy atom. The molecule has 0 spiro atoms. The third-order valence-corrected chi connectivity index (χ3v) is 5.07. The van der Waals surface area contributed by atoms with Crippen molar-refractivity contribution in [3.05, 3.63) is 41.6 Å². The van der Waals surface area contributed by atoms with Gasteiger partial charge in [-0.2, -0.15) is 0 Å². The first-order chi connectivity index (χ1) is 12.5. The number of nitrogens with zero attached hydrogens (tertiary/aromatic N) is 1. The molecular weight excluding hydrogens is 348 g/mol. The van der Waals surface area contributed by atoms with Crippen LogP contribution in [-0.4, -0.2) is 27.9 Å². The fourth-order valence-corrected chi connectivity index (χ4v) is 3.78. The van der Waals surface area contributed by atoms with Crippen molar-refractivity contribution in [3.8, 4) is 0 Å². The van der Waals surface area contributed by atoms with Crippen molar-refractivity contribution in [1.82, 2.24) is 21.1 Å². The minimum absolute atomic E-state index is 0.0973. The summed E-state index contributed by atoms with van der Waals surface area (Å²) < 4.78 is 0. The van der Waals surface area contributed by atoms with E-state index in [-0.39, 0.29) is 24.3 Å². The van der Waals surface area contributed by atoms with E-state index < -0.39 is 0 Å². The monoisotopic (exact) mass is 372 g/mol. The molecule has 1 aromatic carbocycles. The maximum atomic E-state index is 12.4. The number of amides is 2. The Kier molecular flexibility index (Phi) is 5.88. The summed E-state index contributed by atoms with van der Waals surface area (Å²) in [5.41, 5.74) is 7.39. The van der Waals surface area contributed by atoms with Gasteiger partial charge in [0.2, 0.25) is 11.8 Å². The molecule has 3 N–H and O–H groups in total. The SMILES string of the molecule is CC(=O)N1C=Cc2ccccc2[C@@H]1CC(=O)NNC(=S)NC1CCCC1. The summed E-state index contributed by atoms with van der Waals surface area (Å²) in [5, 5.41) is 3.64. The number of rotatable bonds is 3. The molecule has 1 aliphatic heterocycles. The van der Waals surface area contributed by atoms with Crippen molar-refractivity contribution in [1.29, 1.82) is 0 Å². The summed E-state index contributed by atoms with van der Waals surface area (Å²) in [6.45, 7) is 1.50. The van der Waals surface area contributed by atoms with Crippen LogP contribution in [0.2, 0.25) is 0 Å². The van der Waals surface area contributed by atoms with Crippen LogP contribution in [0.3, 0.4) is 0 Å². The quantitative estimate of drug-likeness (QED) is 0.561. The molecule has 1 aromatic rings. The van der Waals surface area contributed by atoms with Crippen molar-refractivity contribution in [2.45, 2.75) is 51.1 Å². The first kappa shape index (κ1) is 18.4. The van der Waals surface area contributed by atoms with Crippen molar-refractivity contribution in [3.63, 3.8) is 0 Å². The molecule has 2 aliphatic rings. The van der Waals surface area contributed by atoms with Crippen molar-refractivity contribution in [2.24, 2.45) is 0 Å². The molecule has 1 fully saturated rings. The zero-order valence-electron chi connectivity index (χ0n) is 14.8. The van der Waals surface area contributed by atoms with Crippen LogP contribution in [0.4, 0.5) is 0 Å². The van der Waals surface area contributed by atoms with Gasteiger partial charge in [-0.05, 0) is 42.3 Å². The fraction of sp³-hybridized carbons (Fsp3) is 0.421. The Morgan fingerprint density at radius 3 is 2.65 bits per heavy atom. The molecule has 6 nitrogen and oxygen atoms in total. The van der Waals surface area contributed by atoms with Gasteiger partial charge in [0.15, 0.2) is 5.11 Å². The fourth-order valence-electron chi connectivity index (χ4n) is 3.56. The maximum absolute atomic E-state index is 12.4. The molecule has 1 saturated carbocycles. The first-order valence-corrected chi connectivity index (χ1v) is 9.37. The number of fused-ring (bicyclic) bond motifs is 1. The second kappa shape index (κ2) is 8.31. The van der Waals surface area contributed by atoms with Gasteiger partial charge in [0, 0.05) is 19.2 Å². The Morgan fingerprint density at radius 1 is 1.19 bits per heavy atom. The van der Waals surface area contributed by atoms with Crippen LogP contribution in [-0.2, 0) is 9.59 Å². The van der Waals surface area contributed by atoms with Crippen molar-refractivity contribution in [2.75, 3.05) is 0 Å². The zero-order valence-corrected chi connectivity index (χ0v) is 15.6. The second-order valence-electron chi connectivity index (χ2n) is 6.72. The summed E-state index contributed by atoms with van der Waals surface area (Å²) >= 11 is 5.23. The Balaban J connectivity index is 1.58. The molecule has 2 amide bonds. The van der Waals surface area contributed by atoms with Gasteiger partial charge in [-0.1, -0.05) is 37.1 Å². The van der Waals surface area contributed by atoms with Gasteiger partial charge in [0.25, 0.3) is 0 Å². The van der Waals surface area contributed by atoms with Gasteiger partial charge >= 0.3 is 0 Å². The number of hydrogen-bond acceptors (Lipinski definition) is 3. The summed E-state index contributed by atoms with van der Waals surface area (Å²) in [5.74, 6) is -0.318. The zero-order chi connectivity index (χ0) is 18.5. The Bertz CT molecular complexity index is 728. The van der Waals surface area contributed by atoms with Crippen molar-refractivity contribution < 1.29 is 9.59 Å². The summed E-state index contributed by atoms with van der Waals surface area (Å²) in [7, 11) is 0. The molecule has 7 heteroatoms. The number of carbonyl (C=O) groups is 2. The normalized spacial score (nSPS) is 19.0. The lowest BCUT2D eigenvalue weighted by Crippen LogP contribution is -2.49. The molecule has 1 heterocycles. The molecule has 138 valence electrons. The van der Waals surface area contributed by atoms with Crippen LogP contribution in [0.25, 0.3) is 6.08 Å². The summed E-state index contributed by atoms with van der Waals surface area (Å²) in [6, 6.07) is 7.85. The summed E-state index contributed by atoms with van der Waals surface area (Å²) in [4.78, 5) is 26.0.